The molecule has 1 aromatic carbocycles. The minimum Gasteiger partial charge on any atom is -0.314 e. The van der Waals surface area contributed by atoms with Gasteiger partial charge in [-0.1, -0.05) is 64.3 Å². The van der Waals surface area contributed by atoms with Crippen molar-refractivity contribution in [1.29, 1.82) is 0 Å². The average Bonchev–Trinajstić information content (AvgIpc) is 2.36. The molecular weight excluding hydrogens is 218 g/mol. The molecule has 0 bridgehead atoms. The Bertz CT molecular complexity index is 300. The van der Waals surface area contributed by atoms with Crippen LogP contribution in [0, 0.1) is 0 Å². The minimum atomic E-state index is 0.586. The molecule has 1 heteroatoms. The maximum absolute atomic E-state index is 3.46. The normalized spacial score (nSPS) is 11.1. The van der Waals surface area contributed by atoms with E-state index in [-0.39, 0.29) is 0 Å². The molecule has 0 atom stereocenters. The van der Waals surface area contributed by atoms with Crippen LogP contribution < -0.4 is 5.32 Å². The van der Waals surface area contributed by atoms with E-state index in [0.717, 1.165) is 13.0 Å². The molecule has 1 rings (SSSR count). The van der Waals surface area contributed by atoms with E-state index < -0.39 is 0 Å². The lowest BCUT2D eigenvalue weighted by Crippen LogP contribution is -2.24. The number of nitrogens with one attached hydrogen (secondary N) is 1. The second-order valence-electron chi connectivity index (χ2n) is 5.49. The van der Waals surface area contributed by atoms with E-state index in [9.17, 15) is 0 Å². The molecule has 18 heavy (non-hydrogen) atoms. The van der Waals surface area contributed by atoms with Crippen molar-refractivity contribution in [2.24, 2.45) is 0 Å². The van der Waals surface area contributed by atoms with Crippen molar-refractivity contribution in [3.05, 3.63) is 35.4 Å². The molecule has 0 heterocycles. The van der Waals surface area contributed by atoms with Crippen LogP contribution in [0.5, 0.6) is 0 Å². The molecule has 0 aliphatic carbocycles. The molecule has 1 N–H and O–H groups in total. The smallest absolute Gasteiger partial charge is 0.00105 e. The zero-order chi connectivity index (χ0) is 13.2. The Morgan fingerprint density at radius 2 is 1.50 bits per heavy atom. The third kappa shape index (κ3) is 6.80. The zero-order valence-corrected chi connectivity index (χ0v) is 12.3. The summed E-state index contributed by atoms with van der Waals surface area (Å²) >= 11 is 0. The largest absolute Gasteiger partial charge is 0.314 e. The van der Waals surface area contributed by atoms with Crippen LogP contribution in [0.3, 0.4) is 0 Å². The van der Waals surface area contributed by atoms with Gasteiger partial charge >= 0.3 is 0 Å². The van der Waals surface area contributed by atoms with Crippen LogP contribution in [0.2, 0.25) is 0 Å². The Kier molecular flexibility index (Phi) is 7.75. The monoisotopic (exact) mass is 247 g/mol. The van der Waals surface area contributed by atoms with Gasteiger partial charge in [-0.25, -0.2) is 0 Å². The maximum Gasteiger partial charge on any atom is 0.00105 e. The van der Waals surface area contributed by atoms with Crippen molar-refractivity contribution in [2.45, 2.75) is 65.3 Å². The van der Waals surface area contributed by atoms with Crippen molar-refractivity contribution in [2.75, 3.05) is 6.54 Å². The summed E-state index contributed by atoms with van der Waals surface area (Å²) in [4.78, 5) is 0. The highest BCUT2D eigenvalue weighted by molar-refractivity contribution is 5.22. The average molecular weight is 247 g/mol. The first kappa shape index (κ1) is 15.2. The first-order chi connectivity index (χ1) is 8.72. The predicted octanol–water partition coefficient (Wildman–Crippen LogP) is 4.35. The fourth-order valence-corrected chi connectivity index (χ4v) is 2.13. The van der Waals surface area contributed by atoms with Crippen molar-refractivity contribution < 1.29 is 0 Å². The SMILES string of the molecule is CCCCCCc1ccc(CCNC(C)C)cc1. The van der Waals surface area contributed by atoms with E-state index in [1.807, 2.05) is 0 Å². The van der Waals surface area contributed by atoms with Crippen molar-refractivity contribution in [3.8, 4) is 0 Å². The first-order valence-electron chi connectivity index (χ1n) is 7.53. The molecular formula is C17H29N. The second kappa shape index (κ2) is 9.16. The first-order valence-corrected chi connectivity index (χ1v) is 7.53. The Morgan fingerprint density at radius 3 is 2.06 bits per heavy atom. The topological polar surface area (TPSA) is 12.0 Å². The predicted molar refractivity (Wildman–Crippen MR) is 81.1 cm³/mol. The quantitative estimate of drug-likeness (QED) is 0.640. The van der Waals surface area contributed by atoms with Gasteiger partial charge in [-0.15, -0.1) is 0 Å². The van der Waals surface area contributed by atoms with E-state index in [0.29, 0.717) is 6.04 Å². The van der Waals surface area contributed by atoms with Crippen LogP contribution in [-0.4, -0.2) is 12.6 Å². The van der Waals surface area contributed by atoms with Crippen molar-refractivity contribution in [3.63, 3.8) is 0 Å². The van der Waals surface area contributed by atoms with Crippen molar-refractivity contribution >= 4 is 0 Å². The lowest BCUT2D eigenvalue weighted by molar-refractivity contribution is 0.590. The highest BCUT2D eigenvalue weighted by Gasteiger charge is 1.97. The lowest BCUT2D eigenvalue weighted by atomic mass is 10.0. The van der Waals surface area contributed by atoms with Gasteiger partial charge in [-0.2, -0.15) is 0 Å². The van der Waals surface area contributed by atoms with Gasteiger partial charge in [0.15, 0.2) is 0 Å². The number of aryl methyl sites for hydroxylation is 1. The summed E-state index contributed by atoms with van der Waals surface area (Å²) in [5.41, 5.74) is 2.94. The standard InChI is InChI=1S/C17H29N/c1-4-5-6-7-8-16-9-11-17(12-10-16)13-14-18-15(2)3/h9-12,15,18H,4-8,13-14H2,1-3H3. The lowest BCUT2D eigenvalue weighted by Gasteiger charge is -2.08. The molecule has 0 aliphatic rings. The van der Waals surface area contributed by atoms with Crippen LogP contribution in [0.1, 0.15) is 57.6 Å². The van der Waals surface area contributed by atoms with Crippen LogP contribution >= 0.6 is 0 Å². The second-order valence-corrected chi connectivity index (χ2v) is 5.49. The number of rotatable bonds is 9. The molecule has 1 aromatic rings. The fourth-order valence-electron chi connectivity index (χ4n) is 2.13. The van der Waals surface area contributed by atoms with E-state index in [2.05, 4.69) is 50.4 Å². The summed E-state index contributed by atoms with van der Waals surface area (Å²) in [5.74, 6) is 0. The van der Waals surface area contributed by atoms with E-state index in [1.165, 1.54) is 43.2 Å². The molecule has 0 spiro atoms. The molecule has 102 valence electrons. The summed E-state index contributed by atoms with van der Waals surface area (Å²) < 4.78 is 0. The highest BCUT2D eigenvalue weighted by Crippen LogP contribution is 2.10. The van der Waals surface area contributed by atoms with Crippen molar-refractivity contribution in [1.82, 2.24) is 5.32 Å². The molecule has 1 nitrogen and oxygen atoms in total. The Balaban J connectivity index is 2.24. The fraction of sp³-hybridized carbons (Fsp3) is 0.647. The van der Waals surface area contributed by atoms with E-state index >= 15 is 0 Å². The van der Waals surface area contributed by atoms with Crippen LogP contribution in [0.15, 0.2) is 24.3 Å². The highest BCUT2D eigenvalue weighted by atomic mass is 14.9. The van der Waals surface area contributed by atoms with Gasteiger partial charge in [-0.3, -0.25) is 0 Å². The third-order valence-corrected chi connectivity index (χ3v) is 3.31. The molecule has 0 saturated heterocycles. The van der Waals surface area contributed by atoms with Gasteiger partial charge in [0.2, 0.25) is 0 Å². The number of hydrogen-bond donors (Lipinski definition) is 1. The van der Waals surface area contributed by atoms with Crippen LogP contribution in [0.25, 0.3) is 0 Å². The van der Waals surface area contributed by atoms with E-state index in [1.54, 1.807) is 0 Å². The molecule has 0 radical (unpaired) electrons. The number of unbranched alkanes of at least 4 members (excludes halogenated alkanes) is 3. The summed E-state index contributed by atoms with van der Waals surface area (Å²) in [7, 11) is 0. The molecule has 0 amide bonds. The molecule has 0 unspecified atom stereocenters. The van der Waals surface area contributed by atoms with Gasteiger partial charge < -0.3 is 5.32 Å². The van der Waals surface area contributed by atoms with Crippen LogP contribution in [-0.2, 0) is 12.8 Å². The summed E-state index contributed by atoms with van der Waals surface area (Å²) in [6.07, 6.45) is 7.78. The molecule has 0 aromatic heterocycles. The Hall–Kier alpha value is -0.820. The van der Waals surface area contributed by atoms with Gasteiger partial charge in [0.05, 0.1) is 0 Å². The summed E-state index contributed by atoms with van der Waals surface area (Å²) in [5, 5.41) is 3.46. The van der Waals surface area contributed by atoms with Gasteiger partial charge in [-0.05, 0) is 36.9 Å². The number of hydrogen-bond acceptors (Lipinski definition) is 1. The molecule has 0 saturated carbocycles. The Labute approximate surface area is 113 Å². The maximum atomic E-state index is 3.46. The third-order valence-electron chi connectivity index (χ3n) is 3.31. The summed E-state index contributed by atoms with van der Waals surface area (Å²) in [6, 6.07) is 9.77. The number of benzene rings is 1. The van der Waals surface area contributed by atoms with Gasteiger partial charge in [0, 0.05) is 6.04 Å². The summed E-state index contributed by atoms with van der Waals surface area (Å²) in [6.45, 7) is 7.73. The van der Waals surface area contributed by atoms with Crippen LogP contribution in [0.4, 0.5) is 0 Å². The van der Waals surface area contributed by atoms with Gasteiger partial charge in [0.25, 0.3) is 0 Å². The van der Waals surface area contributed by atoms with E-state index in [4.69, 9.17) is 0 Å². The Morgan fingerprint density at radius 1 is 0.889 bits per heavy atom. The zero-order valence-electron chi connectivity index (χ0n) is 12.3. The molecule has 0 aliphatic heterocycles. The molecule has 0 fully saturated rings. The van der Waals surface area contributed by atoms with Gasteiger partial charge in [0.1, 0.15) is 0 Å². The minimum absolute atomic E-state index is 0.586.